The van der Waals surface area contributed by atoms with Crippen molar-refractivity contribution in [2.45, 2.75) is 90.9 Å². The van der Waals surface area contributed by atoms with Gasteiger partial charge in [-0.25, -0.2) is 0 Å². The van der Waals surface area contributed by atoms with E-state index in [1.807, 2.05) is 6.92 Å². The molecule has 1 saturated heterocycles. The van der Waals surface area contributed by atoms with E-state index in [1.54, 1.807) is 0 Å². The molecule has 22 heavy (non-hydrogen) atoms. The van der Waals surface area contributed by atoms with Crippen LogP contribution in [0.5, 0.6) is 0 Å². The molecule has 1 aliphatic rings. The van der Waals surface area contributed by atoms with E-state index in [0.29, 0.717) is 6.42 Å². The van der Waals surface area contributed by atoms with Crippen molar-refractivity contribution in [1.82, 2.24) is 0 Å². The number of allylic oxidation sites excluding steroid dienone is 1. The minimum Gasteiger partial charge on any atom is -0.393 e. The number of hydrogen-bond acceptors (Lipinski definition) is 3. The molecule has 0 bridgehead atoms. The van der Waals surface area contributed by atoms with Gasteiger partial charge in [-0.05, 0) is 32.6 Å². The fourth-order valence-corrected chi connectivity index (χ4v) is 2.96. The van der Waals surface area contributed by atoms with Gasteiger partial charge in [0.25, 0.3) is 0 Å². The molecule has 1 rings (SSSR count). The van der Waals surface area contributed by atoms with Crippen LogP contribution in [0, 0.1) is 5.92 Å². The lowest BCUT2D eigenvalue weighted by molar-refractivity contribution is -0.162. The molecule has 126 valence electrons. The zero-order valence-corrected chi connectivity index (χ0v) is 14.4. The zero-order chi connectivity index (χ0) is 16.2. The first-order valence-electron chi connectivity index (χ1n) is 9.06. The summed E-state index contributed by atoms with van der Waals surface area (Å²) in [6.07, 6.45) is 14.7. The van der Waals surface area contributed by atoms with E-state index in [-0.39, 0.29) is 17.9 Å². The summed E-state index contributed by atoms with van der Waals surface area (Å²) in [6.45, 7) is 4.23. The second-order valence-electron chi connectivity index (χ2n) is 6.45. The Labute approximate surface area is 135 Å². The average Bonchev–Trinajstić information content (AvgIpc) is 2.49. The molecule has 1 fully saturated rings. The number of esters is 2. The molecule has 1 aliphatic heterocycles. The maximum Gasteiger partial charge on any atom is 0.320 e. The third kappa shape index (κ3) is 7.77. The normalized spacial score (nSPS) is 21.5. The highest BCUT2D eigenvalue weighted by Crippen LogP contribution is 2.23. The Morgan fingerprint density at radius 1 is 1.09 bits per heavy atom. The van der Waals surface area contributed by atoms with Gasteiger partial charge in [-0.3, -0.25) is 9.59 Å². The van der Waals surface area contributed by atoms with Crippen LogP contribution in [0.25, 0.3) is 0 Å². The average molecular weight is 308 g/mol. The Balaban J connectivity index is 2.48. The van der Waals surface area contributed by atoms with Crippen LogP contribution in [0.1, 0.15) is 90.9 Å². The largest absolute Gasteiger partial charge is 0.393 e. The van der Waals surface area contributed by atoms with Crippen LogP contribution in [0.2, 0.25) is 0 Å². The van der Waals surface area contributed by atoms with Gasteiger partial charge in [0.1, 0.15) is 0 Å². The molecule has 0 aliphatic carbocycles. The Bertz CT molecular complexity index is 371. The number of rotatable bonds is 7. The first-order chi connectivity index (χ1) is 10.6. The van der Waals surface area contributed by atoms with Crippen molar-refractivity contribution in [3.63, 3.8) is 0 Å². The minimum absolute atomic E-state index is 0.224. The van der Waals surface area contributed by atoms with E-state index in [0.717, 1.165) is 44.1 Å². The monoisotopic (exact) mass is 308 g/mol. The van der Waals surface area contributed by atoms with Crippen LogP contribution in [0.15, 0.2) is 11.6 Å². The fourth-order valence-electron chi connectivity index (χ4n) is 2.96. The highest BCUT2D eigenvalue weighted by molar-refractivity contribution is 5.88. The molecule has 0 amide bonds. The number of carbonyl (C=O) groups is 2. The van der Waals surface area contributed by atoms with Crippen molar-refractivity contribution in [2.24, 2.45) is 5.92 Å². The van der Waals surface area contributed by atoms with Crippen molar-refractivity contribution in [3.8, 4) is 0 Å². The van der Waals surface area contributed by atoms with Crippen molar-refractivity contribution >= 4 is 11.9 Å². The fraction of sp³-hybridized carbons (Fsp3) is 0.789. The standard InChI is InChI=1S/C19H32O3/c1-3-4-5-6-7-10-13-16(2)17-14-11-8-9-12-15-18(20)22-19(17)21/h13,17H,3-12,14-15H2,1-2H3/b16-13-. The molecule has 0 radical (unpaired) electrons. The minimum atomic E-state index is -0.357. The van der Waals surface area contributed by atoms with Gasteiger partial charge in [0.2, 0.25) is 0 Å². The Hall–Kier alpha value is -1.12. The van der Waals surface area contributed by atoms with Crippen molar-refractivity contribution in [3.05, 3.63) is 11.6 Å². The number of unbranched alkanes of at least 4 members (excludes halogenated alkanes) is 5. The van der Waals surface area contributed by atoms with Crippen molar-refractivity contribution < 1.29 is 14.3 Å². The van der Waals surface area contributed by atoms with E-state index >= 15 is 0 Å². The van der Waals surface area contributed by atoms with E-state index in [1.165, 1.54) is 32.1 Å². The lowest BCUT2D eigenvalue weighted by Crippen LogP contribution is -2.23. The predicted octanol–water partition coefficient (Wildman–Crippen LogP) is 5.33. The van der Waals surface area contributed by atoms with Crippen LogP contribution < -0.4 is 0 Å². The highest BCUT2D eigenvalue weighted by Gasteiger charge is 2.24. The number of hydrogen-bond donors (Lipinski definition) is 0. The molecule has 0 N–H and O–H groups in total. The molecule has 1 heterocycles. The van der Waals surface area contributed by atoms with Gasteiger partial charge in [0.05, 0.1) is 5.92 Å². The van der Waals surface area contributed by atoms with Crippen LogP contribution in [-0.2, 0) is 14.3 Å². The topological polar surface area (TPSA) is 43.4 Å². The lowest BCUT2D eigenvalue weighted by Gasteiger charge is -2.17. The van der Waals surface area contributed by atoms with Gasteiger partial charge >= 0.3 is 11.9 Å². The van der Waals surface area contributed by atoms with Crippen LogP contribution >= 0.6 is 0 Å². The molecule has 0 aromatic carbocycles. The smallest absolute Gasteiger partial charge is 0.320 e. The van der Waals surface area contributed by atoms with Gasteiger partial charge in [0, 0.05) is 6.42 Å². The summed E-state index contributed by atoms with van der Waals surface area (Å²) in [5.74, 6) is -0.923. The summed E-state index contributed by atoms with van der Waals surface area (Å²) < 4.78 is 5.00. The van der Waals surface area contributed by atoms with E-state index in [9.17, 15) is 9.59 Å². The SMILES string of the molecule is CCCCCCC/C=C(/C)C1CCCCCCC(=O)OC1=O. The first-order valence-corrected chi connectivity index (χ1v) is 9.06. The Morgan fingerprint density at radius 2 is 1.82 bits per heavy atom. The van der Waals surface area contributed by atoms with Gasteiger partial charge in [0.15, 0.2) is 0 Å². The number of ether oxygens (including phenoxy) is 1. The third-order valence-electron chi connectivity index (χ3n) is 4.45. The van der Waals surface area contributed by atoms with Crippen LogP contribution in [0.3, 0.4) is 0 Å². The number of carbonyl (C=O) groups excluding carboxylic acids is 2. The molecule has 0 aromatic rings. The van der Waals surface area contributed by atoms with Gasteiger partial charge in [-0.1, -0.05) is 63.5 Å². The summed E-state index contributed by atoms with van der Waals surface area (Å²) in [5, 5.41) is 0. The Kier molecular flexibility index (Phi) is 9.85. The second-order valence-corrected chi connectivity index (χ2v) is 6.45. The molecular weight excluding hydrogens is 276 g/mol. The molecule has 1 atom stereocenters. The van der Waals surface area contributed by atoms with E-state index in [2.05, 4.69) is 13.0 Å². The molecule has 0 spiro atoms. The van der Waals surface area contributed by atoms with Crippen molar-refractivity contribution in [1.29, 1.82) is 0 Å². The predicted molar refractivity (Wildman–Crippen MR) is 89.4 cm³/mol. The second kappa shape index (κ2) is 11.4. The Morgan fingerprint density at radius 3 is 2.59 bits per heavy atom. The maximum atomic E-state index is 12.2. The van der Waals surface area contributed by atoms with Crippen LogP contribution in [0.4, 0.5) is 0 Å². The molecule has 0 saturated carbocycles. The third-order valence-corrected chi connectivity index (χ3v) is 4.45. The first kappa shape index (κ1) is 18.9. The lowest BCUT2D eigenvalue weighted by atomic mass is 9.92. The molecule has 3 heteroatoms. The van der Waals surface area contributed by atoms with Crippen LogP contribution in [-0.4, -0.2) is 11.9 Å². The maximum absolute atomic E-state index is 12.2. The van der Waals surface area contributed by atoms with Crippen molar-refractivity contribution in [2.75, 3.05) is 0 Å². The molecule has 3 nitrogen and oxygen atoms in total. The highest BCUT2D eigenvalue weighted by atomic mass is 16.6. The van der Waals surface area contributed by atoms with Gasteiger partial charge < -0.3 is 4.74 Å². The van der Waals surface area contributed by atoms with Gasteiger partial charge in [-0.2, -0.15) is 0 Å². The molecule has 0 aromatic heterocycles. The summed E-state index contributed by atoms with van der Waals surface area (Å²) in [4.78, 5) is 23.8. The molecule has 1 unspecified atom stereocenters. The molecular formula is C19H32O3. The zero-order valence-electron chi connectivity index (χ0n) is 14.4. The van der Waals surface area contributed by atoms with E-state index in [4.69, 9.17) is 4.74 Å². The summed E-state index contributed by atoms with van der Waals surface area (Å²) in [6, 6.07) is 0. The summed E-state index contributed by atoms with van der Waals surface area (Å²) in [7, 11) is 0. The summed E-state index contributed by atoms with van der Waals surface area (Å²) >= 11 is 0. The summed E-state index contributed by atoms with van der Waals surface area (Å²) in [5.41, 5.74) is 1.08. The number of cyclic esters (lactones) is 2. The van der Waals surface area contributed by atoms with E-state index < -0.39 is 0 Å². The van der Waals surface area contributed by atoms with Gasteiger partial charge in [-0.15, -0.1) is 0 Å². The quantitative estimate of drug-likeness (QED) is 0.276.